The highest BCUT2D eigenvalue weighted by Gasteiger charge is 2.51. The van der Waals surface area contributed by atoms with Gasteiger partial charge in [0.15, 0.2) is 0 Å². The fraction of sp³-hybridized carbons (Fsp3) is 0.368. The molecular weight excluding hydrogens is 334 g/mol. The summed E-state index contributed by atoms with van der Waals surface area (Å²) in [4.78, 5) is 37.4. The molecule has 7 nitrogen and oxygen atoms in total. The number of imide groups is 1. The second-order valence-electron chi connectivity index (χ2n) is 6.52. The first-order valence-corrected chi connectivity index (χ1v) is 8.51. The Morgan fingerprint density at radius 3 is 2.88 bits per heavy atom. The van der Waals surface area contributed by atoms with Gasteiger partial charge >= 0.3 is 6.09 Å². The lowest BCUT2D eigenvalue weighted by molar-refractivity contribution is -0.140. The number of nitrogens with one attached hydrogen (secondary N) is 1. The summed E-state index contributed by atoms with van der Waals surface area (Å²) < 4.78 is 0. The number of carbonyl (C=O) groups excluding carboxylic acids is 2. The molecular formula is C19H19N3O4. The third-order valence-electron chi connectivity index (χ3n) is 4.88. The van der Waals surface area contributed by atoms with Crippen LogP contribution in [-0.2, 0) is 16.0 Å². The standard InChI is InChI=1S/C19H19N3O4/c20-11-13-5-1-4-12(10-13)6-3-9-22-17(23)14-7-2-8-15(21-19(25)26)16(14)18(22)24/h1-2,4-5,8,10,14-16,21H,3,6-7,9H2,(H,25,26). The molecule has 134 valence electrons. The maximum absolute atomic E-state index is 12.7. The van der Waals surface area contributed by atoms with Gasteiger partial charge in [-0.05, 0) is 37.0 Å². The molecule has 3 atom stereocenters. The largest absolute Gasteiger partial charge is 0.465 e. The molecule has 0 spiro atoms. The van der Waals surface area contributed by atoms with Gasteiger partial charge in [-0.3, -0.25) is 14.5 Å². The smallest absolute Gasteiger partial charge is 0.405 e. The van der Waals surface area contributed by atoms with E-state index in [1.54, 1.807) is 24.3 Å². The minimum atomic E-state index is -1.21. The van der Waals surface area contributed by atoms with E-state index in [2.05, 4.69) is 11.4 Å². The normalized spacial score (nSPS) is 24.3. The third kappa shape index (κ3) is 3.45. The molecule has 26 heavy (non-hydrogen) atoms. The highest BCUT2D eigenvalue weighted by molar-refractivity contribution is 6.06. The second kappa shape index (κ2) is 7.40. The highest BCUT2D eigenvalue weighted by Crippen LogP contribution is 2.35. The summed E-state index contributed by atoms with van der Waals surface area (Å²) in [6.45, 7) is 0.293. The Labute approximate surface area is 150 Å². The molecule has 1 heterocycles. The van der Waals surface area contributed by atoms with Crippen molar-refractivity contribution in [3.05, 3.63) is 47.5 Å². The van der Waals surface area contributed by atoms with E-state index >= 15 is 0 Å². The monoisotopic (exact) mass is 353 g/mol. The minimum Gasteiger partial charge on any atom is -0.465 e. The van der Waals surface area contributed by atoms with Gasteiger partial charge in [0.2, 0.25) is 11.8 Å². The molecule has 0 radical (unpaired) electrons. The average Bonchev–Trinajstić information content (AvgIpc) is 2.87. The molecule has 3 amide bonds. The summed E-state index contributed by atoms with van der Waals surface area (Å²) in [7, 11) is 0. The molecule has 0 saturated carbocycles. The van der Waals surface area contributed by atoms with Crippen LogP contribution < -0.4 is 5.32 Å². The fourth-order valence-electron chi connectivity index (χ4n) is 3.70. The Morgan fingerprint density at radius 2 is 2.15 bits per heavy atom. The first-order valence-electron chi connectivity index (χ1n) is 8.51. The fourth-order valence-corrected chi connectivity index (χ4v) is 3.70. The van der Waals surface area contributed by atoms with Crippen LogP contribution >= 0.6 is 0 Å². The molecule has 1 aromatic rings. The van der Waals surface area contributed by atoms with E-state index in [1.165, 1.54) is 4.90 Å². The Balaban J connectivity index is 1.64. The van der Waals surface area contributed by atoms with Crippen LogP contribution in [-0.4, -0.2) is 40.5 Å². The highest BCUT2D eigenvalue weighted by atomic mass is 16.4. The summed E-state index contributed by atoms with van der Waals surface area (Å²) in [6.07, 6.45) is 3.89. The topological polar surface area (TPSA) is 110 Å². The van der Waals surface area contributed by atoms with Crippen molar-refractivity contribution in [3.63, 3.8) is 0 Å². The number of allylic oxidation sites excluding steroid dienone is 1. The summed E-state index contributed by atoms with van der Waals surface area (Å²) in [5.41, 5.74) is 1.56. The van der Waals surface area contributed by atoms with Gasteiger partial charge in [-0.15, -0.1) is 0 Å². The van der Waals surface area contributed by atoms with Crippen molar-refractivity contribution in [2.75, 3.05) is 6.54 Å². The molecule has 3 unspecified atom stereocenters. The Hall–Kier alpha value is -3.14. The number of carboxylic acid groups (broad SMARTS) is 1. The molecule has 1 saturated heterocycles. The van der Waals surface area contributed by atoms with Crippen LogP contribution in [0.15, 0.2) is 36.4 Å². The number of fused-ring (bicyclic) bond motifs is 1. The van der Waals surface area contributed by atoms with E-state index < -0.39 is 24.0 Å². The van der Waals surface area contributed by atoms with Crippen molar-refractivity contribution < 1.29 is 19.5 Å². The molecule has 1 aromatic carbocycles. The molecule has 2 aliphatic rings. The summed E-state index contributed by atoms with van der Waals surface area (Å²) >= 11 is 0. The third-order valence-corrected chi connectivity index (χ3v) is 4.88. The van der Waals surface area contributed by atoms with Crippen LogP contribution in [0.3, 0.4) is 0 Å². The minimum absolute atomic E-state index is 0.229. The predicted octanol–water partition coefficient (Wildman–Crippen LogP) is 1.69. The van der Waals surface area contributed by atoms with Gasteiger partial charge in [0, 0.05) is 6.54 Å². The van der Waals surface area contributed by atoms with Crippen molar-refractivity contribution in [2.45, 2.75) is 25.3 Å². The Bertz CT molecular complexity index is 811. The number of nitrogens with zero attached hydrogens (tertiary/aromatic N) is 2. The van der Waals surface area contributed by atoms with Crippen LogP contribution in [0.25, 0.3) is 0 Å². The van der Waals surface area contributed by atoms with Crippen LogP contribution in [0.1, 0.15) is 24.0 Å². The quantitative estimate of drug-likeness (QED) is 0.618. The summed E-state index contributed by atoms with van der Waals surface area (Å²) in [6, 6.07) is 8.66. The van der Waals surface area contributed by atoms with Crippen molar-refractivity contribution in [3.8, 4) is 6.07 Å². The maximum atomic E-state index is 12.7. The zero-order valence-corrected chi connectivity index (χ0v) is 14.1. The molecule has 2 N–H and O–H groups in total. The number of aryl methyl sites for hydroxylation is 1. The van der Waals surface area contributed by atoms with Gasteiger partial charge in [-0.2, -0.15) is 5.26 Å². The lowest BCUT2D eigenvalue weighted by atomic mass is 9.81. The van der Waals surface area contributed by atoms with Crippen LogP contribution in [0.5, 0.6) is 0 Å². The molecule has 1 aliphatic heterocycles. The van der Waals surface area contributed by atoms with E-state index in [4.69, 9.17) is 10.4 Å². The number of benzene rings is 1. The molecule has 7 heteroatoms. The number of hydrogen-bond donors (Lipinski definition) is 2. The first kappa shape index (κ1) is 17.7. The zero-order chi connectivity index (χ0) is 18.7. The maximum Gasteiger partial charge on any atom is 0.405 e. The van der Waals surface area contributed by atoms with E-state index in [9.17, 15) is 14.4 Å². The lowest BCUT2D eigenvalue weighted by Gasteiger charge is -2.25. The van der Waals surface area contributed by atoms with Gasteiger partial charge in [0.25, 0.3) is 0 Å². The number of carbonyl (C=O) groups is 3. The Morgan fingerprint density at radius 1 is 1.35 bits per heavy atom. The number of rotatable bonds is 5. The first-order chi connectivity index (χ1) is 12.5. The molecule has 3 rings (SSSR count). The SMILES string of the molecule is N#Cc1cccc(CCCN2C(=O)C3CC=CC(NC(=O)O)C3C2=O)c1. The number of nitriles is 1. The van der Waals surface area contributed by atoms with E-state index in [0.717, 1.165) is 5.56 Å². The summed E-state index contributed by atoms with van der Waals surface area (Å²) in [5.74, 6) is -1.70. The van der Waals surface area contributed by atoms with Crippen LogP contribution in [0.2, 0.25) is 0 Å². The van der Waals surface area contributed by atoms with Gasteiger partial charge in [-0.25, -0.2) is 4.79 Å². The van der Waals surface area contributed by atoms with Crippen molar-refractivity contribution in [2.24, 2.45) is 11.8 Å². The van der Waals surface area contributed by atoms with Crippen LogP contribution in [0, 0.1) is 23.2 Å². The van der Waals surface area contributed by atoms with Crippen molar-refractivity contribution in [1.29, 1.82) is 5.26 Å². The van der Waals surface area contributed by atoms with Gasteiger partial charge < -0.3 is 10.4 Å². The number of hydrogen-bond acceptors (Lipinski definition) is 4. The van der Waals surface area contributed by atoms with E-state index in [0.29, 0.717) is 31.4 Å². The predicted molar refractivity (Wildman–Crippen MR) is 91.9 cm³/mol. The van der Waals surface area contributed by atoms with Gasteiger partial charge in [-0.1, -0.05) is 24.3 Å². The van der Waals surface area contributed by atoms with Crippen molar-refractivity contribution in [1.82, 2.24) is 10.2 Å². The van der Waals surface area contributed by atoms with Gasteiger partial charge in [0.1, 0.15) is 0 Å². The number of likely N-dealkylation sites (tertiary alicyclic amines) is 1. The number of amides is 3. The molecule has 0 bridgehead atoms. The van der Waals surface area contributed by atoms with Crippen LogP contribution in [0.4, 0.5) is 4.79 Å². The van der Waals surface area contributed by atoms with Crippen molar-refractivity contribution >= 4 is 17.9 Å². The zero-order valence-electron chi connectivity index (χ0n) is 14.1. The van der Waals surface area contributed by atoms with E-state index in [-0.39, 0.29) is 11.8 Å². The molecule has 0 aromatic heterocycles. The molecule has 1 fully saturated rings. The van der Waals surface area contributed by atoms with Gasteiger partial charge in [0.05, 0.1) is 29.5 Å². The van der Waals surface area contributed by atoms with E-state index in [1.807, 2.05) is 12.1 Å². The molecule has 1 aliphatic carbocycles. The lowest BCUT2D eigenvalue weighted by Crippen LogP contribution is -2.44. The summed E-state index contributed by atoms with van der Waals surface area (Å²) in [5, 5.41) is 20.2. The second-order valence-corrected chi connectivity index (χ2v) is 6.52. The Kier molecular flexibility index (Phi) is 5.03. The average molecular weight is 353 g/mol.